The van der Waals surface area contributed by atoms with E-state index in [0.717, 1.165) is 115 Å². The molecule has 9 nitrogen and oxygen atoms in total. The molecule has 0 radical (unpaired) electrons. The molecule has 770 valence electrons. The monoisotopic (exact) mass is 1930 g/mol. The highest BCUT2D eigenvalue weighted by molar-refractivity contribution is 7.43. The molecule has 0 amide bonds. The summed E-state index contributed by atoms with van der Waals surface area (Å²) in [6.07, 6.45) is 77.9. The average Bonchev–Trinajstić information content (AvgIpc) is 0.757. The molecule has 136 heavy (non-hydrogen) atoms. The Hall–Kier alpha value is -4.71. The summed E-state index contributed by atoms with van der Waals surface area (Å²) < 4.78 is 63.7. The van der Waals surface area contributed by atoms with Gasteiger partial charge in [0.1, 0.15) is 34.5 Å². The van der Waals surface area contributed by atoms with Crippen molar-refractivity contribution in [3.05, 3.63) is 176 Å². The molecule has 0 bridgehead atoms. The zero-order chi connectivity index (χ0) is 98.1. The Labute approximate surface area is 842 Å². The summed E-state index contributed by atoms with van der Waals surface area (Å²) in [5.41, 5.74) is 13.8. The lowest BCUT2D eigenvalue weighted by molar-refractivity contribution is 0.197. The standard InChI is InChI=1S/C124H205O9P3/c1-20-26-32-38-44-47-50-53-56-59-62-68-74-92-125-134(126-93-75-69-63-60-57-54-51-48-45-39-33-27-21-2)131-119-97-104(9)113(100-117(119)123(14,15)16)115(114-101-118(124(17,18)19)120(98-105(114)10)132-135(127-94-76-70-64-61-58-55-52-49-46-40-34-28-22-3)128-109-86-80-106(81-87-109)77-71-65-41-35-29-23-4)95-102(7)112-99-116(122(11,12)13)121(96-103(112)8)133-136(129-110-88-82-107(83-89-110)78-72-66-42-36-30-24-5)130-111-90-84-108(85-91-111)79-73-67-43-37-31-25-6/h80-91,96-102,115H,20-79,92-95H2,1-19H3. The van der Waals surface area contributed by atoms with E-state index in [4.69, 9.17) is 40.7 Å². The van der Waals surface area contributed by atoms with E-state index < -0.39 is 25.8 Å². The van der Waals surface area contributed by atoms with E-state index in [1.165, 1.54) is 378 Å². The van der Waals surface area contributed by atoms with Gasteiger partial charge in [0.15, 0.2) is 0 Å². The Balaban J connectivity index is 1.42. The molecule has 0 aliphatic heterocycles. The van der Waals surface area contributed by atoms with Crippen LogP contribution in [-0.4, -0.2) is 19.8 Å². The Kier molecular flexibility index (Phi) is 64.0. The molecule has 0 N–H and O–H groups in total. The quantitative estimate of drug-likeness (QED) is 0.0274. The lowest BCUT2D eigenvalue weighted by Crippen LogP contribution is -2.19. The highest BCUT2D eigenvalue weighted by atomic mass is 31.2. The molecular weight excluding hydrogens is 1730 g/mol. The maximum Gasteiger partial charge on any atom is 0.530 e. The van der Waals surface area contributed by atoms with Crippen molar-refractivity contribution in [2.45, 2.75) is 551 Å². The van der Waals surface area contributed by atoms with Gasteiger partial charge in [0.05, 0.1) is 19.8 Å². The van der Waals surface area contributed by atoms with E-state index in [0.29, 0.717) is 19.8 Å². The molecule has 0 saturated heterocycles. The van der Waals surface area contributed by atoms with Crippen LogP contribution in [0.3, 0.4) is 0 Å². The molecule has 6 aromatic rings. The van der Waals surface area contributed by atoms with Crippen LogP contribution in [0.4, 0.5) is 0 Å². The summed E-state index contributed by atoms with van der Waals surface area (Å²) >= 11 is 0. The molecule has 12 heteroatoms. The fraction of sp³-hybridized carbons (Fsp3) is 0.710. The van der Waals surface area contributed by atoms with Gasteiger partial charge < -0.3 is 36.2 Å². The third-order valence-electron chi connectivity index (χ3n) is 28.0. The third-order valence-corrected chi connectivity index (χ3v) is 31.3. The van der Waals surface area contributed by atoms with Crippen molar-refractivity contribution in [3.63, 3.8) is 0 Å². The first-order chi connectivity index (χ1) is 65.9. The maximum atomic E-state index is 7.38. The van der Waals surface area contributed by atoms with Gasteiger partial charge >= 0.3 is 25.8 Å². The molecule has 3 unspecified atom stereocenters. The first kappa shape index (κ1) is 120. The maximum absolute atomic E-state index is 7.38. The van der Waals surface area contributed by atoms with Crippen LogP contribution in [0.5, 0.6) is 34.5 Å². The zero-order valence-electron chi connectivity index (χ0n) is 91.3. The van der Waals surface area contributed by atoms with Gasteiger partial charge in [-0.1, -0.05) is 493 Å². The molecule has 0 heterocycles. The minimum Gasteiger partial charge on any atom is -0.426 e. The fourth-order valence-electron chi connectivity index (χ4n) is 19.2. The van der Waals surface area contributed by atoms with Crippen molar-refractivity contribution in [2.75, 3.05) is 19.8 Å². The molecular formula is C124H205O9P3. The summed E-state index contributed by atoms with van der Waals surface area (Å²) in [7, 11) is -5.52. The average molecular weight is 1930 g/mol. The van der Waals surface area contributed by atoms with Crippen LogP contribution in [0.15, 0.2) is 109 Å². The van der Waals surface area contributed by atoms with Gasteiger partial charge in [-0.05, 0) is 212 Å². The smallest absolute Gasteiger partial charge is 0.426 e. The molecule has 6 rings (SSSR count). The van der Waals surface area contributed by atoms with Crippen LogP contribution >= 0.6 is 25.8 Å². The van der Waals surface area contributed by atoms with E-state index in [2.05, 4.69) is 241 Å². The highest BCUT2D eigenvalue weighted by Gasteiger charge is 2.35. The minimum absolute atomic E-state index is 0.0717. The zero-order valence-corrected chi connectivity index (χ0v) is 94.0. The topological polar surface area (TPSA) is 83.1 Å². The summed E-state index contributed by atoms with van der Waals surface area (Å²) in [6, 6.07) is 40.6. The van der Waals surface area contributed by atoms with Gasteiger partial charge in [0.2, 0.25) is 0 Å². The molecule has 0 saturated carbocycles. The molecule has 0 aromatic heterocycles. The molecule has 0 aliphatic rings. The van der Waals surface area contributed by atoms with Crippen LogP contribution in [0.2, 0.25) is 0 Å². The van der Waals surface area contributed by atoms with E-state index in [9.17, 15) is 0 Å². The van der Waals surface area contributed by atoms with Crippen LogP contribution in [0.1, 0.15) is 562 Å². The van der Waals surface area contributed by atoms with Crippen molar-refractivity contribution in [2.24, 2.45) is 0 Å². The lowest BCUT2D eigenvalue weighted by Gasteiger charge is -2.33. The van der Waals surface area contributed by atoms with Gasteiger partial charge in [0.25, 0.3) is 0 Å². The van der Waals surface area contributed by atoms with Gasteiger partial charge in [-0.15, -0.1) is 0 Å². The summed E-state index contributed by atoms with van der Waals surface area (Å²) in [6.45, 7) is 46.0. The highest BCUT2D eigenvalue weighted by Crippen LogP contribution is 2.53. The lowest BCUT2D eigenvalue weighted by atomic mass is 9.74. The van der Waals surface area contributed by atoms with E-state index in [1.807, 2.05) is 0 Å². The number of hydrogen-bond acceptors (Lipinski definition) is 9. The second kappa shape index (κ2) is 72.5. The molecule has 0 aliphatic carbocycles. The van der Waals surface area contributed by atoms with Gasteiger partial charge in [-0.25, -0.2) is 0 Å². The van der Waals surface area contributed by atoms with E-state index >= 15 is 0 Å². The molecule has 0 fully saturated rings. The summed E-state index contributed by atoms with van der Waals surface area (Å²) in [5.74, 6) is 4.71. The fourth-order valence-corrected chi connectivity index (χ4v) is 22.3. The van der Waals surface area contributed by atoms with E-state index in [1.54, 1.807) is 0 Å². The third kappa shape index (κ3) is 51.5. The predicted molar refractivity (Wildman–Crippen MR) is 595 cm³/mol. The number of aryl methyl sites for hydroxylation is 6. The Morgan fingerprint density at radius 3 is 0.691 bits per heavy atom. The minimum atomic E-state index is -1.97. The van der Waals surface area contributed by atoms with Crippen LogP contribution < -0.4 is 27.1 Å². The Bertz CT molecular complexity index is 3850. The van der Waals surface area contributed by atoms with Gasteiger partial charge in [-0.2, -0.15) is 0 Å². The van der Waals surface area contributed by atoms with Crippen molar-refractivity contribution in [3.8, 4) is 34.5 Å². The van der Waals surface area contributed by atoms with Gasteiger partial charge in [-0.3, -0.25) is 4.52 Å². The second-order valence-electron chi connectivity index (χ2n) is 44.0. The first-order valence-electron chi connectivity index (χ1n) is 57.0. The number of hydrogen-bond donors (Lipinski definition) is 0. The van der Waals surface area contributed by atoms with Crippen LogP contribution in [0.25, 0.3) is 0 Å². The second-order valence-corrected chi connectivity index (χ2v) is 47.2. The Morgan fingerprint density at radius 1 is 0.228 bits per heavy atom. The predicted octanol–water partition coefficient (Wildman–Crippen LogP) is 42.9. The molecule has 0 spiro atoms. The number of benzene rings is 6. The van der Waals surface area contributed by atoms with Crippen molar-refractivity contribution in [1.29, 1.82) is 0 Å². The summed E-state index contributed by atoms with van der Waals surface area (Å²) in [4.78, 5) is 0. The van der Waals surface area contributed by atoms with Crippen molar-refractivity contribution in [1.82, 2.24) is 0 Å². The first-order valence-corrected chi connectivity index (χ1v) is 60.3. The molecule has 6 aromatic carbocycles. The largest absolute Gasteiger partial charge is 0.530 e. The van der Waals surface area contributed by atoms with Crippen molar-refractivity contribution < 1.29 is 40.7 Å². The number of unbranched alkanes of at least 4 members (excludes halogenated alkanes) is 51. The van der Waals surface area contributed by atoms with Gasteiger partial charge in [0, 0.05) is 22.6 Å². The van der Waals surface area contributed by atoms with Crippen molar-refractivity contribution >= 4 is 25.8 Å². The normalized spacial score (nSPS) is 12.8. The SMILES string of the molecule is CCCCCCCCCCCCCCCOP(OCCCCCCCCCCCCCCC)Oc1cc(C)c(C(CC(C)c2cc(C(C)(C)C)c(OP(Oc3ccc(CCCCCCCC)cc3)Oc3ccc(CCCCCCCC)cc3)cc2C)c2cc(C(C)(C)C)c(OP(OCCCCCCCCCCCCCCC)Oc3ccc(CCCCCCCC)cc3)cc2C)cc1C(C)(C)C. The van der Waals surface area contributed by atoms with Crippen LogP contribution in [0, 0.1) is 20.8 Å². The van der Waals surface area contributed by atoms with E-state index in [-0.39, 0.29) is 28.1 Å². The molecule has 3 atom stereocenters. The van der Waals surface area contributed by atoms with Crippen LogP contribution in [-0.2, 0) is 49.1 Å². The number of rotatable bonds is 83. The Morgan fingerprint density at radius 2 is 0.434 bits per heavy atom. The summed E-state index contributed by atoms with van der Waals surface area (Å²) in [5, 5.41) is 0.